The summed E-state index contributed by atoms with van der Waals surface area (Å²) in [5.41, 5.74) is 0.807. The first-order valence-corrected chi connectivity index (χ1v) is 6.11. The molecule has 1 unspecified atom stereocenters. The molecule has 1 aliphatic rings. The molecule has 0 aromatic carbocycles. The molecule has 1 fully saturated rings. The molecule has 0 radical (unpaired) electrons. The maximum atomic E-state index is 8.76. The maximum absolute atomic E-state index is 8.76. The molecule has 0 aliphatic carbocycles. The van der Waals surface area contributed by atoms with Crippen LogP contribution < -0.4 is 0 Å². The van der Waals surface area contributed by atoms with Gasteiger partial charge in [-0.3, -0.25) is 0 Å². The summed E-state index contributed by atoms with van der Waals surface area (Å²) in [4.78, 5) is 0. The molecule has 1 aliphatic heterocycles. The lowest BCUT2D eigenvalue weighted by Gasteiger charge is -2.22. The van der Waals surface area contributed by atoms with Crippen molar-refractivity contribution < 1.29 is 14.6 Å². The lowest BCUT2D eigenvalue weighted by atomic mass is 10.2. The third-order valence-electron chi connectivity index (χ3n) is 2.72. The summed E-state index contributed by atoms with van der Waals surface area (Å²) < 4.78 is 12.8. The minimum atomic E-state index is -0.0517. The molecule has 0 spiro atoms. The van der Waals surface area contributed by atoms with Crippen molar-refractivity contribution in [1.82, 2.24) is 15.0 Å². The van der Waals surface area contributed by atoms with E-state index in [9.17, 15) is 0 Å². The van der Waals surface area contributed by atoms with E-state index in [1.54, 1.807) is 4.68 Å². The van der Waals surface area contributed by atoms with Crippen LogP contribution >= 0.6 is 0 Å². The standard InChI is InChI=1S/C11H19N3O3/c15-6-4-10-9-14(13-12-10)5-8-17-11-3-1-2-7-16-11/h9,11,15H,1-8H2. The Kier molecular flexibility index (Phi) is 4.90. The molecular weight excluding hydrogens is 222 g/mol. The fourth-order valence-corrected chi connectivity index (χ4v) is 1.80. The minimum absolute atomic E-state index is 0.0517. The van der Waals surface area contributed by atoms with Gasteiger partial charge in [0.25, 0.3) is 0 Å². The predicted molar refractivity (Wildman–Crippen MR) is 60.4 cm³/mol. The van der Waals surface area contributed by atoms with Crippen LogP contribution in [0.4, 0.5) is 0 Å². The molecule has 1 N–H and O–H groups in total. The Labute approximate surface area is 101 Å². The molecule has 1 atom stereocenters. The molecule has 0 amide bonds. The Hall–Kier alpha value is -0.980. The van der Waals surface area contributed by atoms with Crippen LogP contribution in [0.1, 0.15) is 25.0 Å². The SMILES string of the molecule is OCCc1cn(CCOC2CCCCO2)nn1. The number of nitrogens with zero attached hydrogens (tertiary/aromatic N) is 3. The van der Waals surface area contributed by atoms with Crippen LogP contribution in [-0.2, 0) is 22.4 Å². The Morgan fingerprint density at radius 1 is 1.53 bits per heavy atom. The zero-order valence-electron chi connectivity index (χ0n) is 9.92. The van der Waals surface area contributed by atoms with Gasteiger partial charge in [-0.2, -0.15) is 0 Å². The average Bonchev–Trinajstić information content (AvgIpc) is 2.79. The molecular formula is C11H19N3O3. The van der Waals surface area contributed by atoms with Crippen LogP contribution in [-0.4, -0.2) is 46.2 Å². The van der Waals surface area contributed by atoms with E-state index in [4.69, 9.17) is 14.6 Å². The Morgan fingerprint density at radius 2 is 2.47 bits per heavy atom. The number of ether oxygens (including phenoxy) is 2. The largest absolute Gasteiger partial charge is 0.396 e. The summed E-state index contributed by atoms with van der Waals surface area (Å²) in [6.07, 6.45) is 5.62. The Bertz CT molecular complexity index is 324. The van der Waals surface area contributed by atoms with Gasteiger partial charge in [0.05, 0.1) is 18.8 Å². The number of aromatic nitrogens is 3. The van der Waals surface area contributed by atoms with Crippen LogP contribution in [0, 0.1) is 0 Å². The first-order chi connectivity index (χ1) is 8.38. The second-order valence-corrected chi connectivity index (χ2v) is 4.11. The van der Waals surface area contributed by atoms with E-state index in [1.807, 2.05) is 6.20 Å². The van der Waals surface area contributed by atoms with E-state index in [-0.39, 0.29) is 12.9 Å². The maximum Gasteiger partial charge on any atom is 0.157 e. The summed E-state index contributed by atoms with van der Waals surface area (Å²) in [6, 6.07) is 0. The highest BCUT2D eigenvalue weighted by Gasteiger charge is 2.13. The third kappa shape index (κ3) is 4.07. The van der Waals surface area contributed by atoms with Gasteiger partial charge in [-0.05, 0) is 19.3 Å². The number of aliphatic hydroxyl groups excluding tert-OH is 1. The summed E-state index contributed by atoms with van der Waals surface area (Å²) in [7, 11) is 0. The second-order valence-electron chi connectivity index (χ2n) is 4.11. The van der Waals surface area contributed by atoms with E-state index in [1.165, 1.54) is 6.42 Å². The molecule has 0 saturated carbocycles. The van der Waals surface area contributed by atoms with Crippen molar-refractivity contribution in [3.8, 4) is 0 Å². The Balaban J connectivity index is 1.66. The van der Waals surface area contributed by atoms with E-state index in [2.05, 4.69) is 10.3 Å². The first kappa shape index (κ1) is 12.5. The molecule has 1 saturated heterocycles. The van der Waals surface area contributed by atoms with Crippen LogP contribution in [0.3, 0.4) is 0 Å². The number of hydrogen-bond donors (Lipinski definition) is 1. The zero-order chi connectivity index (χ0) is 11.9. The lowest BCUT2D eigenvalue weighted by molar-refractivity contribution is -0.163. The predicted octanol–water partition coefficient (Wildman–Crippen LogP) is 0.356. The van der Waals surface area contributed by atoms with Crippen molar-refractivity contribution in [2.45, 2.75) is 38.5 Å². The van der Waals surface area contributed by atoms with E-state index in [0.717, 1.165) is 25.1 Å². The molecule has 6 heteroatoms. The van der Waals surface area contributed by atoms with Crippen molar-refractivity contribution in [1.29, 1.82) is 0 Å². The van der Waals surface area contributed by atoms with Gasteiger partial charge in [-0.15, -0.1) is 5.10 Å². The zero-order valence-corrected chi connectivity index (χ0v) is 9.92. The third-order valence-corrected chi connectivity index (χ3v) is 2.72. The van der Waals surface area contributed by atoms with Crippen molar-refractivity contribution >= 4 is 0 Å². The first-order valence-electron chi connectivity index (χ1n) is 6.11. The minimum Gasteiger partial charge on any atom is -0.396 e. The van der Waals surface area contributed by atoms with Gasteiger partial charge in [0.1, 0.15) is 0 Å². The highest BCUT2D eigenvalue weighted by Crippen LogP contribution is 2.13. The molecule has 2 heterocycles. The number of rotatable bonds is 6. The summed E-state index contributed by atoms with van der Waals surface area (Å²) in [5.74, 6) is 0. The van der Waals surface area contributed by atoms with Crippen LogP contribution in [0.5, 0.6) is 0 Å². The van der Waals surface area contributed by atoms with E-state index >= 15 is 0 Å². The van der Waals surface area contributed by atoms with Crippen molar-refractivity contribution in [3.63, 3.8) is 0 Å². The highest BCUT2D eigenvalue weighted by molar-refractivity contribution is 4.91. The second kappa shape index (κ2) is 6.68. The quantitative estimate of drug-likeness (QED) is 0.778. The number of hydrogen-bond acceptors (Lipinski definition) is 5. The van der Waals surface area contributed by atoms with E-state index < -0.39 is 0 Å². The fraction of sp³-hybridized carbons (Fsp3) is 0.818. The molecule has 1 aromatic heterocycles. The van der Waals surface area contributed by atoms with E-state index in [0.29, 0.717) is 19.6 Å². The summed E-state index contributed by atoms with van der Waals surface area (Å²) >= 11 is 0. The molecule has 2 rings (SSSR count). The van der Waals surface area contributed by atoms with Gasteiger partial charge < -0.3 is 14.6 Å². The van der Waals surface area contributed by atoms with Gasteiger partial charge in [0, 0.05) is 25.8 Å². The normalized spacial score (nSPS) is 20.6. The summed E-state index contributed by atoms with van der Waals surface area (Å²) in [6.45, 7) is 2.14. The molecule has 6 nitrogen and oxygen atoms in total. The van der Waals surface area contributed by atoms with Crippen LogP contribution in [0.15, 0.2) is 6.20 Å². The fourth-order valence-electron chi connectivity index (χ4n) is 1.80. The molecule has 1 aromatic rings. The highest BCUT2D eigenvalue weighted by atomic mass is 16.7. The van der Waals surface area contributed by atoms with Gasteiger partial charge in [-0.25, -0.2) is 4.68 Å². The number of aliphatic hydroxyl groups is 1. The lowest BCUT2D eigenvalue weighted by Crippen LogP contribution is -2.24. The van der Waals surface area contributed by atoms with Crippen molar-refractivity contribution in [2.75, 3.05) is 19.8 Å². The van der Waals surface area contributed by atoms with Gasteiger partial charge in [0.2, 0.25) is 0 Å². The van der Waals surface area contributed by atoms with Gasteiger partial charge in [0.15, 0.2) is 6.29 Å². The smallest absolute Gasteiger partial charge is 0.157 e. The van der Waals surface area contributed by atoms with Crippen LogP contribution in [0.2, 0.25) is 0 Å². The van der Waals surface area contributed by atoms with Gasteiger partial charge >= 0.3 is 0 Å². The van der Waals surface area contributed by atoms with Gasteiger partial charge in [-0.1, -0.05) is 5.21 Å². The Morgan fingerprint density at radius 3 is 3.24 bits per heavy atom. The monoisotopic (exact) mass is 241 g/mol. The van der Waals surface area contributed by atoms with Crippen molar-refractivity contribution in [2.24, 2.45) is 0 Å². The molecule has 17 heavy (non-hydrogen) atoms. The van der Waals surface area contributed by atoms with Crippen molar-refractivity contribution in [3.05, 3.63) is 11.9 Å². The average molecular weight is 241 g/mol. The molecule has 96 valence electrons. The topological polar surface area (TPSA) is 69.4 Å². The van der Waals surface area contributed by atoms with Crippen LogP contribution in [0.25, 0.3) is 0 Å². The summed E-state index contributed by atoms with van der Waals surface area (Å²) in [5, 5.41) is 16.6. The molecule has 0 bridgehead atoms.